The van der Waals surface area contributed by atoms with Crippen LogP contribution >= 0.6 is 0 Å². The van der Waals surface area contributed by atoms with Crippen LogP contribution in [-0.4, -0.2) is 32.4 Å². The van der Waals surface area contributed by atoms with Crippen LogP contribution < -0.4 is 15.5 Å². The van der Waals surface area contributed by atoms with Gasteiger partial charge in [-0.3, -0.25) is 4.79 Å². The number of aromatic amines is 1. The summed E-state index contributed by atoms with van der Waals surface area (Å²) in [7, 11) is 3.26. The monoisotopic (exact) mass is 262 g/mol. The van der Waals surface area contributed by atoms with Gasteiger partial charge in [0.05, 0.1) is 19.2 Å². The van der Waals surface area contributed by atoms with Crippen LogP contribution in [0, 0.1) is 6.92 Å². The zero-order valence-corrected chi connectivity index (χ0v) is 11.4. The first-order valence-corrected chi connectivity index (χ1v) is 6.11. The zero-order valence-electron chi connectivity index (χ0n) is 11.4. The molecule has 5 heteroatoms. The van der Waals surface area contributed by atoms with Crippen LogP contribution in [0.4, 0.5) is 5.82 Å². The summed E-state index contributed by atoms with van der Waals surface area (Å²) < 4.78 is 10.2. The molecule has 0 saturated heterocycles. The number of anilines is 1. The second-order valence-electron chi connectivity index (χ2n) is 4.28. The van der Waals surface area contributed by atoms with Gasteiger partial charge in [0.1, 0.15) is 11.6 Å². The van der Waals surface area contributed by atoms with Gasteiger partial charge in [-0.05, 0) is 19.1 Å². The van der Waals surface area contributed by atoms with E-state index in [9.17, 15) is 4.79 Å². The largest absolute Gasteiger partial charge is 0.496 e. The van der Waals surface area contributed by atoms with Crippen molar-refractivity contribution in [3.63, 3.8) is 0 Å². The predicted molar refractivity (Wildman–Crippen MR) is 76.2 cm³/mol. The van der Waals surface area contributed by atoms with Crippen LogP contribution in [0.25, 0.3) is 10.9 Å². The van der Waals surface area contributed by atoms with Crippen molar-refractivity contribution in [2.75, 3.05) is 32.7 Å². The van der Waals surface area contributed by atoms with E-state index in [1.54, 1.807) is 26.4 Å². The Morgan fingerprint density at radius 2 is 2.11 bits per heavy atom. The molecule has 19 heavy (non-hydrogen) atoms. The Morgan fingerprint density at radius 1 is 1.32 bits per heavy atom. The minimum Gasteiger partial charge on any atom is -0.496 e. The maximum Gasteiger partial charge on any atom is 0.191 e. The molecule has 2 N–H and O–H groups in total. The molecule has 0 aliphatic rings. The first kappa shape index (κ1) is 13.4. The van der Waals surface area contributed by atoms with Crippen molar-refractivity contribution in [3.8, 4) is 5.75 Å². The first-order valence-electron chi connectivity index (χ1n) is 6.11. The molecule has 1 heterocycles. The van der Waals surface area contributed by atoms with E-state index in [-0.39, 0.29) is 5.43 Å². The highest BCUT2D eigenvalue weighted by molar-refractivity contribution is 5.85. The number of ether oxygens (including phenoxy) is 2. The van der Waals surface area contributed by atoms with E-state index in [2.05, 4.69) is 10.3 Å². The molecule has 0 aliphatic heterocycles. The summed E-state index contributed by atoms with van der Waals surface area (Å²) in [6.07, 6.45) is 0. The third kappa shape index (κ3) is 2.71. The molecule has 0 fully saturated rings. The summed E-state index contributed by atoms with van der Waals surface area (Å²) >= 11 is 0. The van der Waals surface area contributed by atoms with Crippen molar-refractivity contribution in [3.05, 3.63) is 34.0 Å². The Kier molecular flexibility index (Phi) is 4.06. The number of hydrogen-bond acceptors (Lipinski definition) is 4. The van der Waals surface area contributed by atoms with Gasteiger partial charge in [-0.25, -0.2) is 0 Å². The lowest BCUT2D eigenvalue weighted by molar-refractivity contribution is 0.210. The van der Waals surface area contributed by atoms with E-state index in [1.807, 2.05) is 13.0 Å². The highest BCUT2D eigenvalue weighted by Crippen LogP contribution is 2.24. The maximum atomic E-state index is 12.1. The summed E-state index contributed by atoms with van der Waals surface area (Å²) in [6, 6.07) is 5.15. The van der Waals surface area contributed by atoms with E-state index in [4.69, 9.17) is 9.47 Å². The van der Waals surface area contributed by atoms with Gasteiger partial charge in [-0.15, -0.1) is 0 Å². The zero-order chi connectivity index (χ0) is 13.8. The Hall–Kier alpha value is -2.01. The first-order chi connectivity index (χ1) is 9.17. The Bertz CT molecular complexity index is 634. The summed E-state index contributed by atoms with van der Waals surface area (Å²) in [5.41, 5.74) is 1.71. The number of methoxy groups -OCH3 is 2. The molecule has 0 atom stereocenters. The van der Waals surface area contributed by atoms with Gasteiger partial charge in [-0.1, -0.05) is 0 Å². The normalized spacial score (nSPS) is 10.7. The van der Waals surface area contributed by atoms with Crippen LogP contribution in [0.15, 0.2) is 23.0 Å². The van der Waals surface area contributed by atoms with Crippen molar-refractivity contribution >= 4 is 16.7 Å². The molecule has 1 aromatic heterocycles. The van der Waals surface area contributed by atoms with E-state index in [0.717, 1.165) is 16.8 Å². The number of nitrogens with one attached hydrogen (secondary N) is 2. The van der Waals surface area contributed by atoms with Crippen molar-refractivity contribution in [2.45, 2.75) is 6.92 Å². The van der Waals surface area contributed by atoms with Gasteiger partial charge in [0, 0.05) is 30.7 Å². The molecule has 0 radical (unpaired) electrons. The molecule has 102 valence electrons. The number of aryl methyl sites for hydroxylation is 1. The third-order valence-corrected chi connectivity index (χ3v) is 3.06. The lowest BCUT2D eigenvalue weighted by Crippen LogP contribution is -2.12. The Balaban J connectivity index is 2.47. The minimum atomic E-state index is -0.0144. The number of H-pyrrole nitrogens is 1. The molecule has 0 unspecified atom stereocenters. The van der Waals surface area contributed by atoms with E-state index in [0.29, 0.717) is 24.4 Å². The molecule has 0 amide bonds. The summed E-state index contributed by atoms with van der Waals surface area (Å²) in [5, 5.41) is 3.78. The molecular formula is C14H18N2O3. The number of fused-ring (bicyclic) bond motifs is 1. The highest BCUT2D eigenvalue weighted by Gasteiger charge is 2.08. The second-order valence-corrected chi connectivity index (χ2v) is 4.28. The molecule has 5 nitrogen and oxygen atoms in total. The van der Waals surface area contributed by atoms with Crippen LogP contribution in [0.3, 0.4) is 0 Å². The lowest BCUT2D eigenvalue weighted by atomic mass is 10.1. The number of aromatic nitrogens is 1. The van der Waals surface area contributed by atoms with E-state index in [1.165, 1.54) is 0 Å². The van der Waals surface area contributed by atoms with Crippen LogP contribution in [0.1, 0.15) is 5.56 Å². The van der Waals surface area contributed by atoms with Crippen LogP contribution in [0.2, 0.25) is 0 Å². The quantitative estimate of drug-likeness (QED) is 0.808. The highest BCUT2D eigenvalue weighted by atomic mass is 16.5. The molecule has 0 aliphatic carbocycles. The molecule has 0 saturated carbocycles. The summed E-state index contributed by atoms with van der Waals surface area (Å²) in [6.45, 7) is 3.15. The predicted octanol–water partition coefficient (Wildman–Crippen LogP) is 1.90. The molecule has 2 rings (SSSR count). The fraction of sp³-hybridized carbons (Fsp3) is 0.357. The van der Waals surface area contributed by atoms with E-state index < -0.39 is 0 Å². The van der Waals surface area contributed by atoms with Crippen LogP contribution in [0.5, 0.6) is 5.75 Å². The van der Waals surface area contributed by atoms with Gasteiger partial charge < -0.3 is 19.8 Å². The summed E-state index contributed by atoms with van der Waals surface area (Å²) in [5.74, 6) is 1.45. The number of benzene rings is 1. The Labute approximate surface area is 111 Å². The smallest absolute Gasteiger partial charge is 0.191 e. The number of rotatable bonds is 5. The fourth-order valence-corrected chi connectivity index (χ4v) is 2.04. The third-order valence-electron chi connectivity index (χ3n) is 3.06. The average Bonchev–Trinajstić information content (AvgIpc) is 2.40. The Morgan fingerprint density at radius 3 is 2.79 bits per heavy atom. The topological polar surface area (TPSA) is 63.4 Å². The van der Waals surface area contributed by atoms with Crippen molar-refractivity contribution in [1.29, 1.82) is 0 Å². The summed E-state index contributed by atoms with van der Waals surface area (Å²) in [4.78, 5) is 15.3. The van der Waals surface area contributed by atoms with E-state index >= 15 is 0 Å². The molecule has 0 spiro atoms. The van der Waals surface area contributed by atoms with Gasteiger partial charge in [-0.2, -0.15) is 0 Å². The van der Waals surface area contributed by atoms with Gasteiger partial charge in [0.15, 0.2) is 5.43 Å². The molecule has 2 aromatic rings. The number of pyridine rings is 1. The molecular weight excluding hydrogens is 244 g/mol. The van der Waals surface area contributed by atoms with Gasteiger partial charge in [0.25, 0.3) is 0 Å². The van der Waals surface area contributed by atoms with Crippen molar-refractivity contribution < 1.29 is 9.47 Å². The number of hydrogen-bond donors (Lipinski definition) is 2. The average molecular weight is 262 g/mol. The standard InChI is InChI=1S/C14H18N2O3/c1-9-12(19-3)5-4-10-11(17)8-13(16-14(9)10)15-6-7-18-2/h4-5,8H,6-7H2,1-3H3,(H2,15,16,17). The van der Waals surface area contributed by atoms with Crippen molar-refractivity contribution in [2.24, 2.45) is 0 Å². The maximum absolute atomic E-state index is 12.1. The van der Waals surface area contributed by atoms with Gasteiger partial charge in [0.2, 0.25) is 0 Å². The van der Waals surface area contributed by atoms with Gasteiger partial charge >= 0.3 is 0 Å². The van der Waals surface area contributed by atoms with Crippen LogP contribution in [-0.2, 0) is 4.74 Å². The lowest BCUT2D eigenvalue weighted by Gasteiger charge is -2.11. The molecule has 1 aromatic carbocycles. The fourth-order valence-electron chi connectivity index (χ4n) is 2.04. The van der Waals surface area contributed by atoms with Crippen molar-refractivity contribution in [1.82, 2.24) is 4.98 Å². The second kappa shape index (κ2) is 5.75. The minimum absolute atomic E-state index is 0.0144. The SMILES string of the molecule is COCCNc1cc(=O)c2ccc(OC)c(C)c2[nH]1. The molecule has 0 bridgehead atoms.